The number of ether oxygens (including phenoxy) is 2. The highest BCUT2D eigenvalue weighted by atomic mass is 16.6. The summed E-state index contributed by atoms with van der Waals surface area (Å²) in [6.45, 7) is 1.88. The zero-order valence-corrected chi connectivity index (χ0v) is 6.71. The van der Waals surface area contributed by atoms with Crippen molar-refractivity contribution in [2.24, 2.45) is 5.92 Å². The summed E-state index contributed by atoms with van der Waals surface area (Å²) in [5.41, 5.74) is 0.316. The van der Waals surface area contributed by atoms with E-state index in [0.717, 1.165) is 25.6 Å². The number of rotatable bonds is 0. The maximum absolute atomic E-state index is 5.79. The van der Waals surface area contributed by atoms with Crippen LogP contribution in [0.4, 0.5) is 0 Å². The summed E-state index contributed by atoms with van der Waals surface area (Å²) >= 11 is 0. The van der Waals surface area contributed by atoms with Crippen LogP contribution >= 0.6 is 0 Å². The summed E-state index contributed by atoms with van der Waals surface area (Å²) in [4.78, 5) is 0. The molecule has 3 rings (SSSR count). The molecule has 2 heteroatoms. The lowest BCUT2D eigenvalue weighted by molar-refractivity contribution is -0.00629. The predicted octanol–water partition coefficient (Wildman–Crippen LogP) is 1.34. The van der Waals surface area contributed by atoms with Gasteiger partial charge in [0, 0.05) is 18.9 Å². The van der Waals surface area contributed by atoms with Crippen LogP contribution in [0.25, 0.3) is 0 Å². The SMILES string of the molecule is C1C[C@@H]2COCCC23O[C@H]3C1. The van der Waals surface area contributed by atoms with Crippen molar-refractivity contribution in [1.29, 1.82) is 0 Å². The second kappa shape index (κ2) is 1.99. The number of epoxide rings is 1. The highest BCUT2D eigenvalue weighted by molar-refractivity contribution is 5.10. The lowest BCUT2D eigenvalue weighted by Crippen LogP contribution is -2.39. The number of hydrogen-bond acceptors (Lipinski definition) is 2. The molecule has 0 amide bonds. The molecule has 1 unspecified atom stereocenters. The maximum atomic E-state index is 5.79. The fraction of sp³-hybridized carbons (Fsp3) is 1.00. The van der Waals surface area contributed by atoms with Crippen LogP contribution in [-0.4, -0.2) is 24.9 Å². The van der Waals surface area contributed by atoms with Gasteiger partial charge in [0.05, 0.1) is 12.7 Å². The van der Waals surface area contributed by atoms with Crippen molar-refractivity contribution < 1.29 is 9.47 Å². The van der Waals surface area contributed by atoms with Gasteiger partial charge < -0.3 is 9.47 Å². The van der Waals surface area contributed by atoms with E-state index in [1.807, 2.05) is 0 Å². The molecule has 2 saturated heterocycles. The molecule has 3 aliphatic rings. The highest BCUT2D eigenvalue weighted by Crippen LogP contribution is 2.54. The van der Waals surface area contributed by atoms with Crippen LogP contribution in [0.15, 0.2) is 0 Å². The van der Waals surface area contributed by atoms with E-state index in [4.69, 9.17) is 9.47 Å². The molecule has 2 aliphatic heterocycles. The van der Waals surface area contributed by atoms with Crippen molar-refractivity contribution >= 4 is 0 Å². The van der Waals surface area contributed by atoms with Crippen molar-refractivity contribution in [2.75, 3.05) is 13.2 Å². The molecule has 2 heterocycles. The van der Waals surface area contributed by atoms with Crippen molar-refractivity contribution in [2.45, 2.75) is 37.4 Å². The fourth-order valence-corrected chi connectivity index (χ4v) is 2.79. The molecular weight excluding hydrogens is 140 g/mol. The van der Waals surface area contributed by atoms with E-state index in [2.05, 4.69) is 0 Å². The van der Waals surface area contributed by atoms with E-state index in [1.165, 1.54) is 19.3 Å². The molecule has 0 aromatic heterocycles. The maximum Gasteiger partial charge on any atom is 0.102 e. The highest BCUT2D eigenvalue weighted by Gasteiger charge is 2.63. The van der Waals surface area contributed by atoms with Crippen molar-refractivity contribution in [3.63, 3.8) is 0 Å². The third kappa shape index (κ3) is 0.744. The third-order valence-electron chi connectivity index (χ3n) is 3.52. The Morgan fingerprint density at radius 2 is 2.27 bits per heavy atom. The molecule has 0 bridgehead atoms. The first kappa shape index (κ1) is 6.44. The Hall–Kier alpha value is -0.0800. The third-order valence-corrected chi connectivity index (χ3v) is 3.52. The summed E-state index contributed by atoms with van der Waals surface area (Å²) in [5, 5.41) is 0. The van der Waals surface area contributed by atoms with Crippen LogP contribution < -0.4 is 0 Å². The molecule has 0 aromatic rings. The Morgan fingerprint density at radius 3 is 3.18 bits per heavy atom. The van der Waals surface area contributed by atoms with Gasteiger partial charge in [-0.05, 0) is 12.8 Å². The van der Waals surface area contributed by atoms with Crippen LogP contribution in [0.3, 0.4) is 0 Å². The molecule has 1 spiro atoms. The van der Waals surface area contributed by atoms with Crippen LogP contribution in [0.1, 0.15) is 25.7 Å². The minimum absolute atomic E-state index is 0.316. The minimum Gasteiger partial charge on any atom is -0.381 e. The Balaban J connectivity index is 1.84. The predicted molar refractivity (Wildman–Crippen MR) is 40.4 cm³/mol. The number of hydrogen-bond donors (Lipinski definition) is 0. The van der Waals surface area contributed by atoms with Gasteiger partial charge in [0.25, 0.3) is 0 Å². The van der Waals surface area contributed by atoms with Crippen LogP contribution in [0.5, 0.6) is 0 Å². The largest absolute Gasteiger partial charge is 0.381 e. The van der Waals surface area contributed by atoms with Crippen molar-refractivity contribution in [3.8, 4) is 0 Å². The topological polar surface area (TPSA) is 21.8 Å². The zero-order chi connectivity index (χ0) is 7.31. The molecular formula is C9H14O2. The Bertz CT molecular complexity index is 178. The van der Waals surface area contributed by atoms with Crippen molar-refractivity contribution in [1.82, 2.24) is 0 Å². The molecule has 1 saturated carbocycles. The van der Waals surface area contributed by atoms with E-state index < -0.39 is 0 Å². The van der Waals surface area contributed by atoms with E-state index in [1.54, 1.807) is 0 Å². The second-order valence-electron chi connectivity index (χ2n) is 4.01. The standard InChI is InChI=1S/C9H14O2/c1-2-7-6-10-5-4-9(7)8(3-1)11-9/h7-8H,1-6H2/t7-,8+,9?/m1/s1. The molecule has 0 aromatic carbocycles. The van der Waals surface area contributed by atoms with E-state index in [-0.39, 0.29) is 0 Å². The molecule has 62 valence electrons. The first-order valence-corrected chi connectivity index (χ1v) is 4.67. The summed E-state index contributed by atoms with van der Waals surface area (Å²) in [6.07, 6.45) is 5.75. The average molecular weight is 154 g/mol. The first-order valence-electron chi connectivity index (χ1n) is 4.67. The van der Waals surface area contributed by atoms with E-state index >= 15 is 0 Å². The Labute approximate surface area is 66.9 Å². The van der Waals surface area contributed by atoms with Gasteiger partial charge in [-0.2, -0.15) is 0 Å². The first-order chi connectivity index (χ1) is 5.42. The molecule has 1 aliphatic carbocycles. The molecule has 11 heavy (non-hydrogen) atoms. The fourth-order valence-electron chi connectivity index (χ4n) is 2.79. The van der Waals surface area contributed by atoms with Crippen molar-refractivity contribution in [3.05, 3.63) is 0 Å². The van der Waals surface area contributed by atoms with E-state index in [9.17, 15) is 0 Å². The summed E-state index contributed by atoms with van der Waals surface area (Å²) in [5.74, 6) is 0.731. The van der Waals surface area contributed by atoms with Gasteiger partial charge >= 0.3 is 0 Å². The molecule has 3 fully saturated rings. The monoisotopic (exact) mass is 154 g/mol. The van der Waals surface area contributed by atoms with Crippen LogP contribution in [0, 0.1) is 5.92 Å². The zero-order valence-electron chi connectivity index (χ0n) is 6.71. The van der Waals surface area contributed by atoms with Crippen LogP contribution in [0.2, 0.25) is 0 Å². The van der Waals surface area contributed by atoms with Gasteiger partial charge in [-0.25, -0.2) is 0 Å². The summed E-state index contributed by atoms with van der Waals surface area (Å²) in [7, 11) is 0. The second-order valence-corrected chi connectivity index (χ2v) is 4.01. The quantitative estimate of drug-likeness (QED) is 0.491. The molecule has 2 nitrogen and oxygen atoms in total. The van der Waals surface area contributed by atoms with Gasteiger partial charge in [0.2, 0.25) is 0 Å². The van der Waals surface area contributed by atoms with E-state index in [0.29, 0.717) is 11.7 Å². The van der Waals surface area contributed by atoms with Gasteiger partial charge in [-0.15, -0.1) is 0 Å². The Morgan fingerprint density at radius 1 is 1.27 bits per heavy atom. The van der Waals surface area contributed by atoms with Crippen LogP contribution in [-0.2, 0) is 9.47 Å². The lowest BCUT2D eigenvalue weighted by atomic mass is 9.77. The molecule has 3 atom stereocenters. The minimum atomic E-state index is 0.316. The van der Waals surface area contributed by atoms with Gasteiger partial charge in [-0.3, -0.25) is 0 Å². The smallest absolute Gasteiger partial charge is 0.102 e. The molecule has 0 radical (unpaired) electrons. The van der Waals surface area contributed by atoms with Gasteiger partial charge in [0.15, 0.2) is 0 Å². The summed E-state index contributed by atoms with van der Waals surface area (Å²) < 4.78 is 11.2. The normalized spacial score (nSPS) is 54.5. The van der Waals surface area contributed by atoms with Gasteiger partial charge in [-0.1, -0.05) is 6.42 Å². The summed E-state index contributed by atoms with van der Waals surface area (Å²) in [6, 6.07) is 0. The lowest BCUT2D eigenvalue weighted by Gasteiger charge is -2.32. The average Bonchev–Trinajstić information content (AvgIpc) is 2.75. The Kier molecular flexibility index (Phi) is 1.16. The molecule has 0 N–H and O–H groups in total. The van der Waals surface area contributed by atoms with Gasteiger partial charge in [0.1, 0.15) is 5.60 Å².